The Morgan fingerprint density at radius 1 is 1.33 bits per heavy atom. The topological polar surface area (TPSA) is 98.7 Å². The molecule has 0 heterocycles. The van der Waals surface area contributed by atoms with Crippen molar-refractivity contribution in [3.8, 4) is 0 Å². The minimum atomic E-state index is -1.15. The van der Waals surface area contributed by atoms with E-state index in [-0.39, 0.29) is 6.54 Å². The van der Waals surface area contributed by atoms with Crippen molar-refractivity contribution < 1.29 is 19.8 Å². The smallest absolute Gasteiger partial charge is 0.308 e. The quantitative estimate of drug-likeness (QED) is 0.466. The summed E-state index contributed by atoms with van der Waals surface area (Å²) < 4.78 is 0. The summed E-state index contributed by atoms with van der Waals surface area (Å²) in [5.74, 6) is -3.26. The summed E-state index contributed by atoms with van der Waals surface area (Å²) in [6, 6.07) is 0. The second-order valence-electron chi connectivity index (χ2n) is 2.87. The van der Waals surface area contributed by atoms with Gasteiger partial charge in [0.2, 0.25) is 0 Å². The van der Waals surface area contributed by atoms with Gasteiger partial charge in [0.05, 0.1) is 12.3 Å². The number of rotatable bonds is 6. The second-order valence-corrected chi connectivity index (χ2v) is 3.28. The molecule has 1 atom stereocenters. The van der Waals surface area contributed by atoms with Crippen LogP contribution in [0.1, 0.15) is 13.3 Å². The number of hydrogen-bond donors (Lipinski definition) is 4. The van der Waals surface area contributed by atoms with Crippen molar-refractivity contribution >= 4 is 29.3 Å². The Kier molecular flexibility index (Phi) is 6.35. The van der Waals surface area contributed by atoms with Crippen LogP contribution in [-0.2, 0) is 9.59 Å². The van der Waals surface area contributed by atoms with Gasteiger partial charge in [-0.15, -0.1) is 0 Å². The predicted octanol–water partition coefficient (Wildman–Crippen LogP) is -0.354. The van der Waals surface area contributed by atoms with E-state index >= 15 is 0 Å². The number of hydrogen-bond acceptors (Lipinski definition) is 3. The summed E-state index contributed by atoms with van der Waals surface area (Å²) in [5.41, 5.74) is 0. The van der Waals surface area contributed by atoms with Crippen molar-refractivity contribution in [1.82, 2.24) is 10.6 Å². The van der Waals surface area contributed by atoms with Gasteiger partial charge in [0.1, 0.15) is 0 Å². The first kappa shape index (κ1) is 13.6. The first-order valence-corrected chi connectivity index (χ1v) is 4.84. The standard InChI is InChI=1S/C8H14N2O4S/c1-2-9-8(15)10-4-5(7(13)14)3-6(11)12/h5H,2-4H2,1H3,(H,11,12)(H,13,14)(H2,9,10,15). The Morgan fingerprint density at radius 3 is 2.33 bits per heavy atom. The summed E-state index contributed by atoms with van der Waals surface area (Å²) in [4.78, 5) is 21.0. The first-order chi connectivity index (χ1) is 6.97. The Morgan fingerprint density at radius 2 is 1.93 bits per heavy atom. The van der Waals surface area contributed by atoms with E-state index in [2.05, 4.69) is 10.6 Å². The van der Waals surface area contributed by atoms with E-state index in [4.69, 9.17) is 22.4 Å². The SMILES string of the molecule is CCNC(=S)NCC(CC(=O)O)C(=O)O. The number of carboxylic acid groups (broad SMARTS) is 2. The molecule has 7 heteroatoms. The van der Waals surface area contributed by atoms with Gasteiger partial charge >= 0.3 is 11.9 Å². The molecule has 0 aromatic heterocycles. The average molecular weight is 234 g/mol. The molecule has 0 aromatic carbocycles. The summed E-state index contributed by atoms with van der Waals surface area (Å²) in [6.45, 7) is 2.48. The molecule has 6 nitrogen and oxygen atoms in total. The molecule has 1 unspecified atom stereocenters. The fourth-order valence-corrected chi connectivity index (χ4v) is 1.12. The highest BCUT2D eigenvalue weighted by molar-refractivity contribution is 7.80. The largest absolute Gasteiger partial charge is 0.481 e. The van der Waals surface area contributed by atoms with Crippen molar-refractivity contribution in [3.63, 3.8) is 0 Å². The second kappa shape index (κ2) is 6.99. The maximum atomic E-state index is 10.6. The van der Waals surface area contributed by atoms with Crippen molar-refractivity contribution in [2.75, 3.05) is 13.1 Å². The van der Waals surface area contributed by atoms with Gasteiger partial charge in [0.25, 0.3) is 0 Å². The van der Waals surface area contributed by atoms with E-state index in [1.165, 1.54) is 0 Å². The molecule has 4 N–H and O–H groups in total. The Bertz CT molecular complexity index is 257. The molecular formula is C8H14N2O4S. The zero-order valence-electron chi connectivity index (χ0n) is 8.32. The molecule has 0 aromatic rings. The van der Waals surface area contributed by atoms with Crippen LogP contribution in [0.4, 0.5) is 0 Å². The molecule has 0 saturated carbocycles. The number of carboxylic acids is 2. The van der Waals surface area contributed by atoms with E-state index in [1.54, 1.807) is 0 Å². The molecule has 0 fully saturated rings. The molecule has 0 radical (unpaired) electrons. The van der Waals surface area contributed by atoms with E-state index in [0.717, 1.165) is 0 Å². The van der Waals surface area contributed by atoms with Crippen molar-refractivity contribution in [1.29, 1.82) is 0 Å². The van der Waals surface area contributed by atoms with Gasteiger partial charge in [-0.2, -0.15) is 0 Å². The number of aliphatic carboxylic acids is 2. The van der Waals surface area contributed by atoms with E-state index in [1.807, 2.05) is 6.92 Å². The van der Waals surface area contributed by atoms with Crippen LogP contribution in [0.15, 0.2) is 0 Å². The molecule has 0 aliphatic carbocycles. The Balaban J connectivity index is 4.01. The lowest BCUT2D eigenvalue weighted by Crippen LogP contribution is -2.40. The summed E-state index contributed by atoms with van der Waals surface area (Å²) in [7, 11) is 0. The van der Waals surface area contributed by atoms with Gasteiger partial charge in [0, 0.05) is 13.1 Å². The van der Waals surface area contributed by atoms with E-state index in [9.17, 15) is 9.59 Å². The van der Waals surface area contributed by atoms with Gasteiger partial charge in [0.15, 0.2) is 5.11 Å². The average Bonchev–Trinajstić information content (AvgIpc) is 2.11. The summed E-state index contributed by atoms with van der Waals surface area (Å²) in [5, 5.41) is 22.9. The number of thiocarbonyl (C=S) groups is 1. The minimum absolute atomic E-state index is 0.00741. The third-order valence-electron chi connectivity index (χ3n) is 1.62. The van der Waals surface area contributed by atoms with Crippen LogP contribution in [0.3, 0.4) is 0 Å². The lowest BCUT2D eigenvalue weighted by Gasteiger charge is -2.13. The van der Waals surface area contributed by atoms with Crippen LogP contribution in [0.5, 0.6) is 0 Å². The van der Waals surface area contributed by atoms with Gasteiger partial charge in [-0.05, 0) is 19.1 Å². The van der Waals surface area contributed by atoms with Crippen molar-refractivity contribution in [2.24, 2.45) is 5.92 Å². The van der Waals surface area contributed by atoms with Crippen LogP contribution >= 0.6 is 12.2 Å². The van der Waals surface area contributed by atoms with Crippen LogP contribution in [-0.4, -0.2) is 40.4 Å². The number of nitrogens with one attached hydrogen (secondary N) is 2. The van der Waals surface area contributed by atoms with Gasteiger partial charge < -0.3 is 20.8 Å². The van der Waals surface area contributed by atoms with E-state index < -0.39 is 24.3 Å². The monoisotopic (exact) mass is 234 g/mol. The van der Waals surface area contributed by atoms with Gasteiger partial charge in [-0.3, -0.25) is 9.59 Å². The molecular weight excluding hydrogens is 220 g/mol. The molecule has 0 aliphatic heterocycles. The highest BCUT2D eigenvalue weighted by Gasteiger charge is 2.20. The van der Waals surface area contributed by atoms with Crippen LogP contribution < -0.4 is 10.6 Å². The fourth-order valence-electron chi connectivity index (χ4n) is 0.897. The predicted molar refractivity (Wildman–Crippen MR) is 57.7 cm³/mol. The third kappa shape index (κ3) is 6.67. The molecule has 0 rings (SSSR count). The lowest BCUT2D eigenvalue weighted by molar-refractivity contribution is -0.148. The van der Waals surface area contributed by atoms with Crippen LogP contribution in [0.25, 0.3) is 0 Å². The zero-order chi connectivity index (χ0) is 11.8. The van der Waals surface area contributed by atoms with Gasteiger partial charge in [-0.25, -0.2) is 0 Å². The molecule has 0 bridgehead atoms. The maximum absolute atomic E-state index is 10.6. The normalized spacial score (nSPS) is 11.5. The highest BCUT2D eigenvalue weighted by Crippen LogP contribution is 2.01. The van der Waals surface area contributed by atoms with Crippen LogP contribution in [0.2, 0.25) is 0 Å². The fraction of sp³-hybridized carbons (Fsp3) is 0.625. The summed E-state index contributed by atoms with van der Waals surface area (Å²) >= 11 is 4.81. The molecule has 0 aliphatic rings. The highest BCUT2D eigenvalue weighted by atomic mass is 32.1. The lowest BCUT2D eigenvalue weighted by atomic mass is 10.1. The number of carbonyl (C=O) groups is 2. The molecule has 0 amide bonds. The van der Waals surface area contributed by atoms with Crippen LogP contribution in [0, 0.1) is 5.92 Å². The molecule has 15 heavy (non-hydrogen) atoms. The first-order valence-electron chi connectivity index (χ1n) is 4.43. The van der Waals surface area contributed by atoms with Crippen molar-refractivity contribution in [3.05, 3.63) is 0 Å². The van der Waals surface area contributed by atoms with Gasteiger partial charge in [-0.1, -0.05) is 0 Å². The minimum Gasteiger partial charge on any atom is -0.481 e. The third-order valence-corrected chi connectivity index (χ3v) is 1.91. The van der Waals surface area contributed by atoms with Crippen molar-refractivity contribution in [2.45, 2.75) is 13.3 Å². The van der Waals surface area contributed by atoms with E-state index in [0.29, 0.717) is 11.7 Å². The Hall–Kier alpha value is -1.37. The summed E-state index contributed by atoms with van der Waals surface area (Å²) in [6.07, 6.45) is -0.420. The molecule has 86 valence electrons. The zero-order valence-corrected chi connectivity index (χ0v) is 9.13. The Labute approximate surface area is 92.7 Å². The molecule has 0 spiro atoms. The molecule has 0 saturated heterocycles. The maximum Gasteiger partial charge on any atom is 0.308 e.